The van der Waals surface area contributed by atoms with Crippen molar-refractivity contribution in [3.05, 3.63) is 203 Å². The van der Waals surface area contributed by atoms with Gasteiger partial charge in [0.05, 0.1) is 5.41 Å². The molecule has 0 radical (unpaired) electrons. The number of allylic oxidation sites excluding steroid dienone is 4. The van der Waals surface area contributed by atoms with Gasteiger partial charge in [0.2, 0.25) is 0 Å². The molecular formula is C47H36N4O2. The van der Waals surface area contributed by atoms with Gasteiger partial charge in [-0.2, -0.15) is 0 Å². The summed E-state index contributed by atoms with van der Waals surface area (Å²) in [5.41, 5.74) is 20.1. The molecule has 2 atom stereocenters. The molecule has 0 bridgehead atoms. The first-order valence-electron chi connectivity index (χ1n) is 17.7. The van der Waals surface area contributed by atoms with E-state index in [0.717, 1.165) is 32.7 Å². The molecule has 9 rings (SSSR count). The molecular weight excluding hydrogens is 653 g/mol. The van der Waals surface area contributed by atoms with Crippen LogP contribution in [0.2, 0.25) is 0 Å². The van der Waals surface area contributed by atoms with Gasteiger partial charge in [-0.3, -0.25) is 9.59 Å². The molecule has 2 aliphatic rings. The number of nitrogens with one attached hydrogen (secondary N) is 2. The van der Waals surface area contributed by atoms with Crippen molar-refractivity contribution >= 4 is 56.1 Å². The smallest absolute Gasteiger partial charge is 0.255 e. The number of carbonyl (C=O) groups is 2. The van der Waals surface area contributed by atoms with E-state index in [2.05, 4.69) is 83.5 Å². The Kier molecular flexibility index (Phi) is 7.67. The van der Waals surface area contributed by atoms with Crippen molar-refractivity contribution in [2.75, 3.05) is 22.1 Å². The molecule has 0 aliphatic heterocycles. The van der Waals surface area contributed by atoms with Crippen LogP contribution >= 0.6 is 0 Å². The summed E-state index contributed by atoms with van der Waals surface area (Å²) in [6, 6.07) is 47.8. The molecule has 256 valence electrons. The van der Waals surface area contributed by atoms with Gasteiger partial charge in [-0.25, -0.2) is 0 Å². The summed E-state index contributed by atoms with van der Waals surface area (Å²) in [6.07, 6.45) is 8.88. The van der Waals surface area contributed by atoms with Crippen LogP contribution in [0.25, 0.3) is 21.5 Å². The topological polar surface area (TPSA) is 110 Å². The quantitative estimate of drug-likeness (QED) is 0.130. The second-order valence-corrected chi connectivity index (χ2v) is 13.9. The minimum atomic E-state index is -0.524. The molecule has 53 heavy (non-hydrogen) atoms. The van der Waals surface area contributed by atoms with Crippen molar-refractivity contribution in [2.24, 2.45) is 5.92 Å². The first-order valence-corrected chi connectivity index (χ1v) is 17.7. The monoisotopic (exact) mass is 688 g/mol. The van der Waals surface area contributed by atoms with E-state index >= 15 is 0 Å². The number of nitrogen functional groups attached to an aromatic ring is 2. The van der Waals surface area contributed by atoms with E-state index in [1.165, 1.54) is 11.1 Å². The number of hydrogen-bond donors (Lipinski definition) is 4. The molecule has 2 unspecified atom stereocenters. The Morgan fingerprint density at radius 3 is 1.55 bits per heavy atom. The molecule has 2 amide bonds. The number of carbonyl (C=O) groups excluding carboxylic acids is 2. The second-order valence-electron chi connectivity index (χ2n) is 13.9. The van der Waals surface area contributed by atoms with Crippen LogP contribution in [0.1, 0.15) is 48.9 Å². The van der Waals surface area contributed by atoms with E-state index < -0.39 is 5.41 Å². The van der Waals surface area contributed by atoms with Gasteiger partial charge in [0, 0.05) is 45.7 Å². The van der Waals surface area contributed by atoms with Gasteiger partial charge in [0.1, 0.15) is 0 Å². The molecule has 7 aromatic carbocycles. The maximum Gasteiger partial charge on any atom is 0.255 e. The number of anilines is 4. The number of hydrogen-bond acceptors (Lipinski definition) is 4. The predicted molar refractivity (Wildman–Crippen MR) is 216 cm³/mol. The van der Waals surface area contributed by atoms with Crippen molar-refractivity contribution in [3.63, 3.8) is 0 Å². The van der Waals surface area contributed by atoms with Gasteiger partial charge >= 0.3 is 0 Å². The molecule has 0 saturated carbocycles. The van der Waals surface area contributed by atoms with Crippen molar-refractivity contribution in [1.29, 1.82) is 0 Å². The Labute approximate surface area is 307 Å². The van der Waals surface area contributed by atoms with Crippen LogP contribution in [-0.2, 0) is 5.41 Å². The molecule has 6 heteroatoms. The van der Waals surface area contributed by atoms with Gasteiger partial charge in [-0.05, 0) is 117 Å². The Balaban J connectivity index is 1.05. The zero-order valence-corrected chi connectivity index (χ0v) is 28.8. The van der Waals surface area contributed by atoms with Crippen molar-refractivity contribution in [3.8, 4) is 0 Å². The predicted octanol–water partition coefficient (Wildman–Crippen LogP) is 9.84. The Bertz CT molecular complexity index is 2500. The van der Waals surface area contributed by atoms with Crippen LogP contribution in [0.3, 0.4) is 0 Å². The largest absolute Gasteiger partial charge is 0.399 e. The Morgan fingerprint density at radius 2 is 1.00 bits per heavy atom. The molecule has 0 saturated heterocycles. The van der Waals surface area contributed by atoms with Gasteiger partial charge in [-0.15, -0.1) is 0 Å². The molecule has 0 aromatic heterocycles. The van der Waals surface area contributed by atoms with Crippen LogP contribution in [0.4, 0.5) is 22.7 Å². The highest BCUT2D eigenvalue weighted by Crippen LogP contribution is 2.59. The highest BCUT2D eigenvalue weighted by molar-refractivity contribution is 6.07. The lowest BCUT2D eigenvalue weighted by Gasteiger charge is -2.39. The molecule has 6 nitrogen and oxygen atoms in total. The van der Waals surface area contributed by atoms with E-state index in [1.54, 1.807) is 0 Å². The lowest BCUT2D eigenvalue weighted by molar-refractivity contribution is 0.101. The summed E-state index contributed by atoms with van der Waals surface area (Å²) < 4.78 is 0. The van der Waals surface area contributed by atoms with E-state index in [9.17, 15) is 9.59 Å². The average Bonchev–Trinajstić information content (AvgIpc) is 3.49. The van der Waals surface area contributed by atoms with Crippen LogP contribution in [0.15, 0.2) is 170 Å². The third-order valence-corrected chi connectivity index (χ3v) is 10.8. The minimum absolute atomic E-state index is 0.112. The van der Waals surface area contributed by atoms with Gasteiger partial charge in [0.15, 0.2) is 0 Å². The van der Waals surface area contributed by atoms with Crippen molar-refractivity contribution in [2.45, 2.75) is 11.3 Å². The maximum atomic E-state index is 13.4. The van der Waals surface area contributed by atoms with Crippen LogP contribution in [0, 0.1) is 5.92 Å². The summed E-state index contributed by atoms with van der Waals surface area (Å²) in [7, 11) is 0. The number of rotatable bonds is 6. The Morgan fingerprint density at radius 1 is 0.509 bits per heavy atom. The lowest BCUT2D eigenvalue weighted by atomic mass is 9.63. The lowest BCUT2D eigenvalue weighted by Crippen LogP contribution is -2.35. The molecule has 0 heterocycles. The van der Waals surface area contributed by atoms with E-state index in [1.807, 2.05) is 97.1 Å². The fraction of sp³-hybridized carbons (Fsp3) is 0.0638. The minimum Gasteiger partial charge on any atom is -0.399 e. The van der Waals surface area contributed by atoms with E-state index in [-0.39, 0.29) is 23.7 Å². The second kappa shape index (κ2) is 12.7. The summed E-state index contributed by atoms with van der Waals surface area (Å²) in [6.45, 7) is 0. The normalized spacial score (nSPS) is 16.6. The molecule has 2 aliphatic carbocycles. The number of nitrogens with two attached hydrogens (primary N) is 2. The first kappa shape index (κ1) is 32.0. The van der Waals surface area contributed by atoms with Crippen LogP contribution < -0.4 is 22.1 Å². The molecule has 0 fully saturated rings. The number of fused-ring (bicyclic) bond motifs is 5. The van der Waals surface area contributed by atoms with Gasteiger partial charge < -0.3 is 22.1 Å². The summed E-state index contributed by atoms with van der Waals surface area (Å²) in [5.74, 6) is -0.0672. The van der Waals surface area contributed by atoms with Crippen LogP contribution in [-0.4, -0.2) is 11.8 Å². The van der Waals surface area contributed by atoms with E-state index in [4.69, 9.17) is 11.5 Å². The molecule has 0 spiro atoms. The van der Waals surface area contributed by atoms with Gasteiger partial charge in [-0.1, -0.05) is 97.1 Å². The third-order valence-electron chi connectivity index (χ3n) is 10.8. The molecule has 6 N–H and O–H groups in total. The van der Waals surface area contributed by atoms with Crippen molar-refractivity contribution in [1.82, 2.24) is 0 Å². The average molecular weight is 689 g/mol. The Hall–Kier alpha value is -6.92. The standard InChI is InChI=1S/C47H36N4O2/c48-37-19-13-29-9-11-31(25-33(29)27-37)45(52)50-39-21-15-35(16-22-39)47(43-7-3-1-5-41(43)42-6-2-4-8-44(42)47)36-17-23-40(24-18-36)51-46(53)32-12-10-30-14-20-38(49)28-34(30)26-32/h1-28,41,43H,48-49H2,(H,50,52)(H,51,53). The van der Waals surface area contributed by atoms with E-state index in [0.29, 0.717) is 33.9 Å². The number of benzene rings is 7. The third kappa shape index (κ3) is 5.52. The fourth-order valence-corrected chi connectivity index (χ4v) is 8.36. The van der Waals surface area contributed by atoms with Crippen LogP contribution in [0.5, 0.6) is 0 Å². The summed E-state index contributed by atoms with van der Waals surface area (Å²) >= 11 is 0. The summed E-state index contributed by atoms with van der Waals surface area (Å²) in [4.78, 5) is 26.8. The maximum absolute atomic E-state index is 13.4. The number of amides is 2. The highest BCUT2D eigenvalue weighted by atomic mass is 16.2. The first-order chi connectivity index (χ1) is 25.9. The van der Waals surface area contributed by atoms with Gasteiger partial charge in [0.25, 0.3) is 11.8 Å². The molecule has 7 aromatic rings. The summed E-state index contributed by atoms with van der Waals surface area (Å²) in [5, 5.41) is 10.1. The highest BCUT2D eigenvalue weighted by Gasteiger charge is 2.52. The zero-order chi connectivity index (χ0) is 36.1. The van der Waals surface area contributed by atoms with Crippen molar-refractivity contribution < 1.29 is 9.59 Å². The zero-order valence-electron chi connectivity index (χ0n) is 28.8. The fourth-order valence-electron chi connectivity index (χ4n) is 8.36. The SMILES string of the molecule is Nc1ccc2ccc(C(=O)Nc3ccc(C4(c5ccc(NC(=O)c6ccc7ccc(N)cc7c6)cc5)c5ccccc5C5C=CC=CC54)cc3)cc2c1.